The van der Waals surface area contributed by atoms with Crippen LogP contribution in [-0.4, -0.2) is 0 Å². The Hall–Kier alpha value is -1.06. The first kappa shape index (κ1) is 11.4. The lowest BCUT2D eigenvalue weighted by Gasteiger charge is -2.08. The minimum Gasteiger partial charge on any atom is -0.468 e. The van der Waals surface area contributed by atoms with Crippen molar-refractivity contribution < 1.29 is 4.42 Å². The lowest BCUT2D eigenvalue weighted by Crippen LogP contribution is -2.13. The lowest BCUT2D eigenvalue weighted by atomic mass is 10.1. The second kappa shape index (κ2) is 5.32. The van der Waals surface area contributed by atoms with Gasteiger partial charge in [-0.05, 0) is 36.2 Å². The van der Waals surface area contributed by atoms with Crippen LogP contribution in [0.15, 0.2) is 45.5 Å². The van der Waals surface area contributed by atoms with Crippen molar-refractivity contribution in [3.63, 3.8) is 0 Å². The molecule has 0 aliphatic heterocycles. The van der Waals surface area contributed by atoms with Gasteiger partial charge in [0.1, 0.15) is 5.76 Å². The van der Waals surface area contributed by atoms with Crippen molar-refractivity contribution in [2.45, 2.75) is 20.0 Å². The van der Waals surface area contributed by atoms with Gasteiger partial charge < -0.3 is 9.73 Å². The Balaban J connectivity index is 1.92. The van der Waals surface area contributed by atoms with Gasteiger partial charge in [-0.1, -0.05) is 28.1 Å². The molecule has 84 valence electrons. The van der Waals surface area contributed by atoms with Crippen LogP contribution in [0.3, 0.4) is 0 Å². The highest BCUT2D eigenvalue weighted by molar-refractivity contribution is 9.10. The molecule has 1 heterocycles. The van der Waals surface area contributed by atoms with Crippen LogP contribution in [0.5, 0.6) is 0 Å². The van der Waals surface area contributed by atoms with Crippen molar-refractivity contribution in [2.24, 2.45) is 0 Å². The Bertz CT molecular complexity index is 451. The van der Waals surface area contributed by atoms with E-state index in [-0.39, 0.29) is 0 Å². The number of hydrogen-bond donors (Lipinski definition) is 1. The number of furan rings is 1. The van der Waals surface area contributed by atoms with Crippen LogP contribution >= 0.6 is 15.9 Å². The third-order valence-corrected chi connectivity index (χ3v) is 3.43. The quantitative estimate of drug-likeness (QED) is 0.925. The standard InChI is InChI=1S/C13H14BrNO/c1-10-11(4-2-6-13(10)14)8-15-9-12-5-3-7-16-12/h2-7,15H,8-9H2,1H3. The normalized spacial score (nSPS) is 10.6. The SMILES string of the molecule is Cc1c(Br)cccc1CNCc1ccco1. The third-order valence-electron chi connectivity index (χ3n) is 2.57. The Kier molecular flexibility index (Phi) is 3.80. The molecule has 16 heavy (non-hydrogen) atoms. The maximum atomic E-state index is 5.25. The van der Waals surface area contributed by atoms with Crippen molar-refractivity contribution in [3.8, 4) is 0 Å². The van der Waals surface area contributed by atoms with E-state index in [4.69, 9.17) is 4.42 Å². The second-order valence-electron chi connectivity index (χ2n) is 3.71. The predicted molar refractivity (Wildman–Crippen MR) is 68.1 cm³/mol. The van der Waals surface area contributed by atoms with E-state index in [1.165, 1.54) is 11.1 Å². The smallest absolute Gasteiger partial charge is 0.117 e. The summed E-state index contributed by atoms with van der Waals surface area (Å²) >= 11 is 3.53. The Morgan fingerprint density at radius 1 is 1.19 bits per heavy atom. The van der Waals surface area contributed by atoms with Gasteiger partial charge in [-0.15, -0.1) is 0 Å². The van der Waals surface area contributed by atoms with Crippen LogP contribution in [0.25, 0.3) is 0 Å². The van der Waals surface area contributed by atoms with Gasteiger partial charge in [0.15, 0.2) is 0 Å². The molecule has 0 atom stereocenters. The Labute approximate surface area is 104 Å². The third kappa shape index (κ3) is 2.74. The van der Waals surface area contributed by atoms with E-state index in [0.29, 0.717) is 0 Å². The topological polar surface area (TPSA) is 25.2 Å². The fourth-order valence-corrected chi connectivity index (χ4v) is 1.98. The molecular weight excluding hydrogens is 266 g/mol. The molecule has 2 nitrogen and oxygen atoms in total. The molecule has 0 saturated heterocycles. The fraction of sp³-hybridized carbons (Fsp3) is 0.231. The van der Waals surface area contributed by atoms with E-state index in [9.17, 15) is 0 Å². The van der Waals surface area contributed by atoms with Crippen LogP contribution in [0.1, 0.15) is 16.9 Å². The molecule has 0 radical (unpaired) electrons. The van der Waals surface area contributed by atoms with Gasteiger partial charge in [-0.3, -0.25) is 0 Å². The molecule has 0 aliphatic carbocycles. The zero-order chi connectivity index (χ0) is 11.4. The van der Waals surface area contributed by atoms with Crippen molar-refractivity contribution in [1.29, 1.82) is 0 Å². The summed E-state index contributed by atoms with van der Waals surface area (Å²) < 4.78 is 6.41. The van der Waals surface area contributed by atoms with Crippen LogP contribution in [0.4, 0.5) is 0 Å². The van der Waals surface area contributed by atoms with E-state index in [1.807, 2.05) is 12.1 Å². The molecule has 2 rings (SSSR count). The summed E-state index contributed by atoms with van der Waals surface area (Å²) in [6, 6.07) is 10.1. The van der Waals surface area contributed by atoms with E-state index < -0.39 is 0 Å². The van der Waals surface area contributed by atoms with Gasteiger partial charge in [-0.2, -0.15) is 0 Å². The number of hydrogen-bond acceptors (Lipinski definition) is 2. The molecule has 2 aromatic rings. The molecule has 0 aliphatic rings. The monoisotopic (exact) mass is 279 g/mol. The highest BCUT2D eigenvalue weighted by Crippen LogP contribution is 2.19. The largest absolute Gasteiger partial charge is 0.468 e. The minimum absolute atomic E-state index is 0.763. The number of nitrogens with one attached hydrogen (secondary N) is 1. The summed E-state index contributed by atoms with van der Waals surface area (Å²) in [7, 11) is 0. The first-order valence-electron chi connectivity index (χ1n) is 5.24. The molecule has 0 unspecified atom stereocenters. The number of halogens is 1. The van der Waals surface area contributed by atoms with Crippen molar-refractivity contribution in [3.05, 3.63) is 58.0 Å². The van der Waals surface area contributed by atoms with Crippen molar-refractivity contribution >= 4 is 15.9 Å². The fourth-order valence-electron chi connectivity index (χ4n) is 1.58. The highest BCUT2D eigenvalue weighted by Gasteiger charge is 2.01. The van der Waals surface area contributed by atoms with Crippen molar-refractivity contribution in [2.75, 3.05) is 0 Å². The highest BCUT2D eigenvalue weighted by atomic mass is 79.9. The molecule has 0 fully saturated rings. The van der Waals surface area contributed by atoms with Gasteiger partial charge in [0.05, 0.1) is 12.8 Å². The summed E-state index contributed by atoms with van der Waals surface area (Å²) in [6.45, 7) is 3.74. The molecule has 0 bridgehead atoms. The minimum atomic E-state index is 0.763. The molecule has 0 saturated carbocycles. The first-order valence-corrected chi connectivity index (χ1v) is 6.04. The van der Waals surface area contributed by atoms with E-state index in [2.05, 4.69) is 46.4 Å². The first-order chi connectivity index (χ1) is 7.77. The van der Waals surface area contributed by atoms with Gasteiger partial charge in [0.2, 0.25) is 0 Å². The van der Waals surface area contributed by atoms with Gasteiger partial charge >= 0.3 is 0 Å². The number of benzene rings is 1. The molecule has 1 aromatic carbocycles. The average Bonchev–Trinajstić information content (AvgIpc) is 2.77. The number of rotatable bonds is 4. The second-order valence-corrected chi connectivity index (χ2v) is 4.56. The van der Waals surface area contributed by atoms with E-state index in [0.717, 1.165) is 23.3 Å². The molecule has 0 amide bonds. The Morgan fingerprint density at radius 3 is 2.81 bits per heavy atom. The zero-order valence-electron chi connectivity index (χ0n) is 9.16. The molecule has 1 aromatic heterocycles. The van der Waals surface area contributed by atoms with E-state index in [1.54, 1.807) is 6.26 Å². The van der Waals surface area contributed by atoms with Crippen LogP contribution in [0, 0.1) is 6.92 Å². The molecule has 0 spiro atoms. The summed E-state index contributed by atoms with van der Waals surface area (Å²) in [5.74, 6) is 0.965. The summed E-state index contributed by atoms with van der Waals surface area (Å²) in [4.78, 5) is 0. The summed E-state index contributed by atoms with van der Waals surface area (Å²) in [5.41, 5.74) is 2.59. The van der Waals surface area contributed by atoms with Gasteiger partial charge in [0.25, 0.3) is 0 Å². The van der Waals surface area contributed by atoms with E-state index >= 15 is 0 Å². The maximum Gasteiger partial charge on any atom is 0.117 e. The van der Waals surface area contributed by atoms with Crippen LogP contribution in [-0.2, 0) is 13.1 Å². The lowest BCUT2D eigenvalue weighted by molar-refractivity contribution is 0.483. The van der Waals surface area contributed by atoms with Gasteiger partial charge in [-0.25, -0.2) is 0 Å². The van der Waals surface area contributed by atoms with Gasteiger partial charge in [0, 0.05) is 11.0 Å². The average molecular weight is 280 g/mol. The zero-order valence-corrected chi connectivity index (χ0v) is 10.8. The molecule has 1 N–H and O–H groups in total. The predicted octanol–water partition coefficient (Wildman–Crippen LogP) is 3.64. The van der Waals surface area contributed by atoms with Crippen molar-refractivity contribution in [1.82, 2.24) is 5.32 Å². The summed E-state index contributed by atoms with van der Waals surface area (Å²) in [6.07, 6.45) is 1.70. The molecular formula is C13H14BrNO. The Morgan fingerprint density at radius 2 is 2.06 bits per heavy atom. The summed E-state index contributed by atoms with van der Waals surface area (Å²) in [5, 5.41) is 3.36. The van der Waals surface area contributed by atoms with Crippen LogP contribution < -0.4 is 5.32 Å². The maximum absolute atomic E-state index is 5.25. The molecule has 3 heteroatoms. The van der Waals surface area contributed by atoms with Crippen LogP contribution in [0.2, 0.25) is 0 Å².